The summed E-state index contributed by atoms with van der Waals surface area (Å²) in [5, 5.41) is 6.77. The lowest BCUT2D eigenvalue weighted by molar-refractivity contribution is -0.121. The molecule has 0 saturated carbocycles. The Kier molecular flexibility index (Phi) is 7.08. The number of carbonyl (C=O) groups is 1. The maximum atomic E-state index is 12.0. The summed E-state index contributed by atoms with van der Waals surface area (Å²) in [6.07, 6.45) is 1.66. The van der Waals surface area contributed by atoms with Gasteiger partial charge in [-0.05, 0) is 25.6 Å². The first-order valence-corrected chi connectivity index (χ1v) is 7.20. The van der Waals surface area contributed by atoms with E-state index in [9.17, 15) is 9.59 Å². The van der Waals surface area contributed by atoms with Crippen molar-refractivity contribution in [1.29, 1.82) is 0 Å². The molecule has 2 aromatic rings. The van der Waals surface area contributed by atoms with Gasteiger partial charge in [0, 0.05) is 30.2 Å². The van der Waals surface area contributed by atoms with Gasteiger partial charge in [0.15, 0.2) is 5.43 Å². The van der Waals surface area contributed by atoms with Gasteiger partial charge in [-0.15, -0.1) is 12.4 Å². The van der Waals surface area contributed by atoms with Crippen LogP contribution in [0.4, 0.5) is 0 Å². The molecule has 0 fully saturated rings. The zero-order chi connectivity index (χ0) is 15.2. The number of fused-ring (bicyclic) bond motifs is 1. The van der Waals surface area contributed by atoms with E-state index in [0.717, 1.165) is 12.1 Å². The van der Waals surface area contributed by atoms with Crippen LogP contribution in [0.15, 0.2) is 41.3 Å². The summed E-state index contributed by atoms with van der Waals surface area (Å²) in [6.45, 7) is 5.73. The first-order chi connectivity index (χ1) is 10.1. The summed E-state index contributed by atoms with van der Waals surface area (Å²) >= 11 is 0. The molecule has 0 radical (unpaired) electrons. The number of likely N-dealkylation sites (N-methyl/N-ethyl adjacent to an activating group) is 1. The van der Waals surface area contributed by atoms with Crippen molar-refractivity contribution >= 4 is 29.2 Å². The normalized spacial score (nSPS) is 11.7. The minimum absolute atomic E-state index is 0. The Balaban J connectivity index is 0.00000242. The van der Waals surface area contributed by atoms with Gasteiger partial charge >= 0.3 is 0 Å². The van der Waals surface area contributed by atoms with Crippen LogP contribution in [0.3, 0.4) is 0 Å². The van der Waals surface area contributed by atoms with Crippen molar-refractivity contribution in [2.45, 2.75) is 26.4 Å². The lowest BCUT2D eigenvalue weighted by atomic mass is 10.2. The summed E-state index contributed by atoms with van der Waals surface area (Å²) in [7, 11) is 0. The zero-order valence-electron chi connectivity index (χ0n) is 12.8. The van der Waals surface area contributed by atoms with E-state index in [4.69, 9.17) is 0 Å². The van der Waals surface area contributed by atoms with Crippen molar-refractivity contribution < 1.29 is 4.79 Å². The third kappa shape index (κ3) is 4.58. The number of amides is 1. The molecule has 5 nitrogen and oxygen atoms in total. The molecule has 6 heteroatoms. The van der Waals surface area contributed by atoms with Crippen molar-refractivity contribution in [1.82, 2.24) is 15.2 Å². The van der Waals surface area contributed by atoms with Crippen molar-refractivity contribution in [2.75, 3.05) is 13.1 Å². The maximum Gasteiger partial charge on any atom is 0.239 e. The first kappa shape index (κ1) is 18.2. The standard InChI is InChI=1S/C16H21N3O2.ClH/c1-3-17-12(2)10-18-16(21)11-19-9-8-15(20)13-6-4-5-7-14(13)19;/h4-9,12,17H,3,10-11H2,1-2H3,(H,18,21);1H/t12-;/m1./s1. The maximum absolute atomic E-state index is 12.0. The smallest absolute Gasteiger partial charge is 0.239 e. The van der Waals surface area contributed by atoms with Gasteiger partial charge in [0.05, 0.1) is 5.52 Å². The summed E-state index contributed by atoms with van der Waals surface area (Å²) in [5.74, 6) is -0.0615. The van der Waals surface area contributed by atoms with Gasteiger partial charge in [0.1, 0.15) is 6.54 Å². The van der Waals surface area contributed by atoms with Gasteiger partial charge in [0.25, 0.3) is 0 Å². The van der Waals surface area contributed by atoms with E-state index in [1.165, 1.54) is 6.07 Å². The highest BCUT2D eigenvalue weighted by Gasteiger charge is 2.07. The van der Waals surface area contributed by atoms with E-state index in [1.807, 2.05) is 32.0 Å². The fourth-order valence-electron chi connectivity index (χ4n) is 2.30. The van der Waals surface area contributed by atoms with Crippen LogP contribution in [0, 0.1) is 0 Å². The third-order valence-electron chi connectivity index (χ3n) is 3.36. The molecule has 0 spiro atoms. The fraction of sp³-hybridized carbons (Fsp3) is 0.375. The molecule has 1 aromatic heterocycles. The van der Waals surface area contributed by atoms with Crippen LogP contribution in [0.2, 0.25) is 0 Å². The number of hydrogen-bond donors (Lipinski definition) is 2. The largest absolute Gasteiger partial charge is 0.353 e. The molecule has 0 saturated heterocycles. The quantitative estimate of drug-likeness (QED) is 0.847. The molecular formula is C16H22ClN3O2. The summed E-state index contributed by atoms with van der Waals surface area (Å²) < 4.78 is 1.80. The second kappa shape index (κ2) is 8.56. The molecule has 1 aromatic carbocycles. The van der Waals surface area contributed by atoms with E-state index < -0.39 is 0 Å². The summed E-state index contributed by atoms with van der Waals surface area (Å²) in [6, 6.07) is 9.06. The van der Waals surface area contributed by atoms with Crippen molar-refractivity contribution in [2.24, 2.45) is 0 Å². The Morgan fingerprint density at radius 1 is 1.27 bits per heavy atom. The van der Waals surface area contributed by atoms with E-state index in [1.54, 1.807) is 16.8 Å². The number of halogens is 1. The van der Waals surface area contributed by atoms with Crippen molar-refractivity contribution in [3.05, 3.63) is 46.8 Å². The third-order valence-corrected chi connectivity index (χ3v) is 3.36. The monoisotopic (exact) mass is 323 g/mol. The lowest BCUT2D eigenvalue weighted by Crippen LogP contribution is -2.40. The number of benzene rings is 1. The van der Waals surface area contributed by atoms with Gasteiger partial charge < -0.3 is 15.2 Å². The Bertz CT molecular complexity index is 684. The highest BCUT2D eigenvalue weighted by Crippen LogP contribution is 2.08. The van der Waals surface area contributed by atoms with E-state index in [0.29, 0.717) is 11.9 Å². The van der Waals surface area contributed by atoms with Crippen LogP contribution in [-0.4, -0.2) is 29.6 Å². The molecular weight excluding hydrogens is 302 g/mol. The van der Waals surface area contributed by atoms with Crippen LogP contribution >= 0.6 is 12.4 Å². The van der Waals surface area contributed by atoms with Crippen LogP contribution < -0.4 is 16.1 Å². The molecule has 1 amide bonds. The Morgan fingerprint density at radius 3 is 2.73 bits per heavy atom. The molecule has 0 unspecified atom stereocenters. The number of carbonyl (C=O) groups excluding carboxylic acids is 1. The number of pyridine rings is 1. The Labute approximate surface area is 136 Å². The number of aromatic nitrogens is 1. The molecule has 1 atom stereocenters. The predicted molar refractivity (Wildman–Crippen MR) is 91.6 cm³/mol. The highest BCUT2D eigenvalue weighted by atomic mass is 35.5. The molecule has 2 rings (SSSR count). The van der Waals surface area contributed by atoms with E-state index in [2.05, 4.69) is 10.6 Å². The van der Waals surface area contributed by atoms with Gasteiger partial charge in [0.2, 0.25) is 5.91 Å². The van der Waals surface area contributed by atoms with Crippen molar-refractivity contribution in [3.63, 3.8) is 0 Å². The summed E-state index contributed by atoms with van der Waals surface area (Å²) in [4.78, 5) is 23.8. The molecule has 0 bridgehead atoms. The van der Waals surface area contributed by atoms with Crippen molar-refractivity contribution in [3.8, 4) is 0 Å². The van der Waals surface area contributed by atoms with Gasteiger partial charge in [-0.1, -0.05) is 19.1 Å². The van der Waals surface area contributed by atoms with Crippen LogP contribution in [0.1, 0.15) is 13.8 Å². The predicted octanol–water partition coefficient (Wildman–Crippen LogP) is 1.54. The zero-order valence-corrected chi connectivity index (χ0v) is 13.7. The highest BCUT2D eigenvalue weighted by molar-refractivity contribution is 5.85. The molecule has 1 heterocycles. The molecule has 0 aliphatic carbocycles. The average Bonchev–Trinajstić information content (AvgIpc) is 2.49. The lowest BCUT2D eigenvalue weighted by Gasteiger charge is -2.14. The van der Waals surface area contributed by atoms with Gasteiger partial charge in [-0.3, -0.25) is 9.59 Å². The van der Waals surface area contributed by atoms with E-state index >= 15 is 0 Å². The molecule has 2 N–H and O–H groups in total. The van der Waals surface area contributed by atoms with Crippen LogP contribution in [-0.2, 0) is 11.3 Å². The number of para-hydroxylation sites is 1. The van der Waals surface area contributed by atoms with Gasteiger partial charge in [-0.25, -0.2) is 0 Å². The van der Waals surface area contributed by atoms with E-state index in [-0.39, 0.29) is 36.3 Å². The minimum atomic E-state index is -0.0615. The van der Waals surface area contributed by atoms with Crippen LogP contribution in [0.5, 0.6) is 0 Å². The topological polar surface area (TPSA) is 63.1 Å². The van der Waals surface area contributed by atoms with Crippen LogP contribution in [0.25, 0.3) is 10.9 Å². The first-order valence-electron chi connectivity index (χ1n) is 7.20. The SMILES string of the molecule is CCN[C@H](C)CNC(=O)Cn1ccc(=O)c2ccccc21.Cl. The average molecular weight is 324 g/mol. The number of nitrogens with zero attached hydrogens (tertiary/aromatic N) is 1. The number of hydrogen-bond acceptors (Lipinski definition) is 3. The molecule has 120 valence electrons. The molecule has 22 heavy (non-hydrogen) atoms. The number of rotatable bonds is 6. The Hall–Kier alpha value is -1.85. The number of nitrogens with one attached hydrogen (secondary N) is 2. The second-order valence-electron chi connectivity index (χ2n) is 5.09. The molecule has 0 aliphatic rings. The van der Waals surface area contributed by atoms with Gasteiger partial charge in [-0.2, -0.15) is 0 Å². The summed E-state index contributed by atoms with van der Waals surface area (Å²) in [5.41, 5.74) is 0.753. The molecule has 0 aliphatic heterocycles. The second-order valence-corrected chi connectivity index (χ2v) is 5.09. The minimum Gasteiger partial charge on any atom is -0.353 e. The fourth-order valence-corrected chi connectivity index (χ4v) is 2.30. The Morgan fingerprint density at radius 2 is 2.00 bits per heavy atom.